The topological polar surface area (TPSA) is 76.0 Å². The summed E-state index contributed by atoms with van der Waals surface area (Å²) >= 11 is 0. The smallest absolute Gasteiger partial charge is 0.244 e. The van der Waals surface area contributed by atoms with Crippen LogP contribution < -0.4 is 10.0 Å². The van der Waals surface area contributed by atoms with Crippen LogP contribution in [0.2, 0.25) is 0 Å². The molecule has 21 heavy (non-hydrogen) atoms. The third-order valence-corrected chi connectivity index (χ3v) is 5.37. The Bertz CT molecular complexity index is 552. The molecule has 0 aliphatic heterocycles. The molecule has 0 aliphatic rings. The highest BCUT2D eigenvalue weighted by Crippen LogP contribution is 2.19. The van der Waals surface area contributed by atoms with Crippen LogP contribution in [0.15, 0.2) is 4.90 Å². The minimum Gasteiger partial charge on any atom is -0.320 e. The molecule has 0 bridgehead atoms. The van der Waals surface area contributed by atoms with Crippen molar-refractivity contribution in [3.05, 3.63) is 11.4 Å². The highest BCUT2D eigenvalue weighted by molar-refractivity contribution is 7.89. The number of aromatic nitrogens is 2. The number of hydrogen-bond acceptors (Lipinski definition) is 4. The molecule has 0 spiro atoms. The summed E-state index contributed by atoms with van der Waals surface area (Å²) in [6.45, 7) is 9.71. The largest absolute Gasteiger partial charge is 0.320 e. The lowest BCUT2D eigenvalue weighted by Gasteiger charge is -2.11. The Morgan fingerprint density at radius 3 is 2.57 bits per heavy atom. The van der Waals surface area contributed by atoms with Gasteiger partial charge in [0.2, 0.25) is 10.0 Å². The number of rotatable bonds is 9. The molecule has 0 saturated heterocycles. The standard InChI is InChI=1S/C14H28N4O2S/c1-6-11(2)10-16-21(19,20)14-12(3)17-18(13(14)4)9-7-8-15-5/h11,15-16H,6-10H2,1-5H3. The maximum Gasteiger partial charge on any atom is 0.244 e. The molecule has 1 rings (SSSR count). The fraction of sp³-hybridized carbons (Fsp3) is 0.786. The van der Waals surface area contributed by atoms with Crippen molar-refractivity contribution in [2.45, 2.75) is 52.0 Å². The fourth-order valence-electron chi connectivity index (χ4n) is 2.16. The van der Waals surface area contributed by atoms with Crippen molar-refractivity contribution >= 4 is 10.0 Å². The van der Waals surface area contributed by atoms with Crippen molar-refractivity contribution in [1.82, 2.24) is 19.8 Å². The van der Waals surface area contributed by atoms with Crippen LogP contribution in [-0.2, 0) is 16.6 Å². The second-order valence-electron chi connectivity index (χ2n) is 5.55. The molecule has 0 saturated carbocycles. The number of nitrogens with zero attached hydrogens (tertiary/aromatic N) is 2. The Balaban J connectivity index is 2.91. The van der Waals surface area contributed by atoms with Gasteiger partial charge in [-0.25, -0.2) is 13.1 Å². The van der Waals surface area contributed by atoms with Gasteiger partial charge in [-0.2, -0.15) is 5.10 Å². The van der Waals surface area contributed by atoms with E-state index in [1.807, 2.05) is 20.9 Å². The molecule has 1 heterocycles. The molecule has 1 aromatic rings. The molecule has 1 unspecified atom stereocenters. The third-order valence-electron chi connectivity index (χ3n) is 3.70. The summed E-state index contributed by atoms with van der Waals surface area (Å²) in [4.78, 5) is 0.329. The Morgan fingerprint density at radius 2 is 2.00 bits per heavy atom. The van der Waals surface area contributed by atoms with Crippen LogP contribution in [0.1, 0.15) is 38.1 Å². The highest BCUT2D eigenvalue weighted by atomic mass is 32.2. The summed E-state index contributed by atoms with van der Waals surface area (Å²) in [5, 5.41) is 7.44. The third kappa shape index (κ3) is 4.79. The molecule has 1 atom stereocenters. The SMILES string of the molecule is CCC(C)CNS(=O)(=O)c1c(C)nn(CCCNC)c1C. The zero-order valence-corrected chi connectivity index (χ0v) is 14.5. The molecular formula is C14H28N4O2S. The number of aryl methyl sites for hydroxylation is 2. The van der Waals surface area contributed by atoms with Crippen molar-refractivity contribution in [2.75, 3.05) is 20.1 Å². The molecule has 122 valence electrons. The Labute approximate surface area is 128 Å². The maximum absolute atomic E-state index is 12.5. The summed E-state index contributed by atoms with van der Waals surface area (Å²) in [6.07, 6.45) is 1.86. The Kier molecular flexibility index (Phi) is 6.83. The molecule has 0 radical (unpaired) electrons. The van der Waals surface area contributed by atoms with E-state index in [9.17, 15) is 8.42 Å². The van der Waals surface area contributed by atoms with Crippen LogP contribution in [0.25, 0.3) is 0 Å². The average Bonchev–Trinajstić information content (AvgIpc) is 2.72. The van der Waals surface area contributed by atoms with Gasteiger partial charge in [-0.05, 0) is 39.8 Å². The average molecular weight is 316 g/mol. The summed E-state index contributed by atoms with van der Waals surface area (Å²) in [5.41, 5.74) is 1.27. The molecule has 0 aromatic carbocycles. The Hall–Kier alpha value is -0.920. The van der Waals surface area contributed by atoms with Crippen LogP contribution >= 0.6 is 0 Å². The van der Waals surface area contributed by atoms with Gasteiger partial charge in [0.05, 0.1) is 11.4 Å². The van der Waals surface area contributed by atoms with Gasteiger partial charge in [0.15, 0.2) is 0 Å². The van der Waals surface area contributed by atoms with E-state index < -0.39 is 10.0 Å². The zero-order chi connectivity index (χ0) is 16.0. The minimum atomic E-state index is -3.49. The normalized spacial score (nSPS) is 13.6. The van der Waals surface area contributed by atoms with Crippen molar-refractivity contribution in [3.8, 4) is 0 Å². The van der Waals surface area contributed by atoms with Gasteiger partial charge in [-0.1, -0.05) is 20.3 Å². The Morgan fingerprint density at radius 1 is 1.33 bits per heavy atom. The van der Waals surface area contributed by atoms with E-state index in [2.05, 4.69) is 22.1 Å². The predicted octanol–water partition coefficient (Wildman–Crippen LogP) is 1.43. The van der Waals surface area contributed by atoms with Crippen molar-refractivity contribution in [1.29, 1.82) is 0 Å². The molecule has 2 N–H and O–H groups in total. The van der Waals surface area contributed by atoms with Gasteiger partial charge in [0.25, 0.3) is 0 Å². The second-order valence-corrected chi connectivity index (χ2v) is 7.25. The first-order valence-corrected chi connectivity index (χ1v) is 9.00. The van der Waals surface area contributed by atoms with E-state index in [1.54, 1.807) is 11.6 Å². The molecule has 6 nitrogen and oxygen atoms in total. The molecule has 1 aromatic heterocycles. The van der Waals surface area contributed by atoms with Gasteiger partial charge < -0.3 is 5.32 Å². The van der Waals surface area contributed by atoms with Gasteiger partial charge >= 0.3 is 0 Å². The van der Waals surface area contributed by atoms with Gasteiger partial charge in [-0.15, -0.1) is 0 Å². The van der Waals surface area contributed by atoms with Gasteiger partial charge in [-0.3, -0.25) is 4.68 Å². The van der Waals surface area contributed by atoms with Crippen LogP contribution in [0.5, 0.6) is 0 Å². The lowest BCUT2D eigenvalue weighted by Crippen LogP contribution is -2.29. The maximum atomic E-state index is 12.5. The number of sulfonamides is 1. The molecule has 0 aliphatic carbocycles. The summed E-state index contributed by atoms with van der Waals surface area (Å²) in [6, 6.07) is 0. The second kappa shape index (κ2) is 7.91. The van der Waals surface area contributed by atoms with E-state index in [0.29, 0.717) is 35.3 Å². The molecular weight excluding hydrogens is 288 g/mol. The van der Waals surface area contributed by atoms with Crippen LogP contribution in [0.3, 0.4) is 0 Å². The first-order valence-electron chi connectivity index (χ1n) is 7.51. The summed E-state index contributed by atoms with van der Waals surface area (Å²) in [7, 11) is -1.59. The zero-order valence-electron chi connectivity index (χ0n) is 13.7. The first kappa shape index (κ1) is 18.1. The van der Waals surface area contributed by atoms with Crippen LogP contribution in [-0.4, -0.2) is 38.3 Å². The van der Waals surface area contributed by atoms with E-state index in [1.165, 1.54) is 0 Å². The number of hydrogen-bond donors (Lipinski definition) is 2. The summed E-state index contributed by atoms with van der Waals surface area (Å²) in [5.74, 6) is 0.325. The van der Waals surface area contributed by atoms with E-state index in [0.717, 1.165) is 19.4 Å². The summed E-state index contributed by atoms with van der Waals surface area (Å²) < 4.78 is 29.4. The van der Waals surface area contributed by atoms with Crippen molar-refractivity contribution in [3.63, 3.8) is 0 Å². The molecule has 7 heteroatoms. The first-order chi connectivity index (χ1) is 9.83. The highest BCUT2D eigenvalue weighted by Gasteiger charge is 2.24. The lowest BCUT2D eigenvalue weighted by atomic mass is 10.1. The number of nitrogens with one attached hydrogen (secondary N) is 2. The van der Waals surface area contributed by atoms with E-state index in [4.69, 9.17) is 0 Å². The fourth-order valence-corrected chi connectivity index (χ4v) is 3.73. The lowest BCUT2D eigenvalue weighted by molar-refractivity contribution is 0.526. The minimum absolute atomic E-state index is 0.325. The van der Waals surface area contributed by atoms with Gasteiger partial charge in [0.1, 0.15) is 4.90 Å². The van der Waals surface area contributed by atoms with Gasteiger partial charge in [0, 0.05) is 13.1 Å². The van der Waals surface area contributed by atoms with Crippen LogP contribution in [0, 0.1) is 19.8 Å². The monoisotopic (exact) mass is 316 g/mol. The van der Waals surface area contributed by atoms with Crippen LogP contribution in [0.4, 0.5) is 0 Å². The van der Waals surface area contributed by atoms with E-state index in [-0.39, 0.29) is 0 Å². The molecule has 0 fully saturated rings. The molecule has 0 amide bonds. The predicted molar refractivity (Wildman–Crippen MR) is 84.9 cm³/mol. The van der Waals surface area contributed by atoms with Crippen molar-refractivity contribution in [2.24, 2.45) is 5.92 Å². The van der Waals surface area contributed by atoms with E-state index >= 15 is 0 Å². The van der Waals surface area contributed by atoms with Crippen molar-refractivity contribution < 1.29 is 8.42 Å². The quantitative estimate of drug-likeness (QED) is 0.676.